The summed E-state index contributed by atoms with van der Waals surface area (Å²) in [4.78, 5) is 0. The van der Waals surface area contributed by atoms with E-state index in [4.69, 9.17) is 11.5 Å². The minimum atomic E-state index is 0. The predicted molar refractivity (Wildman–Crippen MR) is 134 cm³/mol. The van der Waals surface area contributed by atoms with E-state index in [1.54, 1.807) is 0 Å². The molecule has 0 radical (unpaired) electrons. The van der Waals surface area contributed by atoms with Crippen LogP contribution in [-0.2, 0) is 13.1 Å². The standard InChI is InChI=1S/C28H34N4.2HI/c1-21-19-25(29)23-13-7-9-15-27(23)31(21)17-11-5-3-4-6-12-18-32-22(2)20-26(30)24-14-8-10-16-28(24)32;;/h7-10,13-16,19-20,29-30H,3-6,11-12,17-18H2,1-2H3;2*1H. The zero-order valence-corrected chi connectivity index (χ0v) is 24.6. The van der Waals surface area contributed by atoms with E-state index < -0.39 is 0 Å². The van der Waals surface area contributed by atoms with Crippen molar-refractivity contribution in [2.75, 3.05) is 11.5 Å². The Morgan fingerprint density at radius 3 is 1.32 bits per heavy atom. The molecule has 4 rings (SSSR count). The number of aryl methyl sites for hydroxylation is 4. The normalized spacial score (nSPS) is 10.8. The van der Waals surface area contributed by atoms with Crippen LogP contribution in [0.15, 0.2) is 60.7 Å². The summed E-state index contributed by atoms with van der Waals surface area (Å²) in [6.07, 6.45) is 7.52. The Kier molecular flexibility index (Phi) is 11.3. The lowest BCUT2D eigenvalue weighted by Crippen LogP contribution is -3.00. The SMILES string of the molecule is Cc1cc(N)c2ccccc2[n+]1CCCCCCCC[n+]1c(C)cc(N)c2ccccc21.[I-].[I-]. The first-order valence-corrected chi connectivity index (χ1v) is 11.9. The van der Waals surface area contributed by atoms with Crippen LogP contribution >= 0.6 is 0 Å². The zero-order chi connectivity index (χ0) is 22.5. The first-order valence-electron chi connectivity index (χ1n) is 11.9. The molecule has 0 fully saturated rings. The molecule has 4 aromatic rings. The summed E-state index contributed by atoms with van der Waals surface area (Å²) in [7, 11) is 0. The number of hydrogen-bond donors (Lipinski definition) is 2. The molecule has 6 heteroatoms. The number of nitrogens with two attached hydrogens (primary N) is 2. The monoisotopic (exact) mass is 682 g/mol. The lowest BCUT2D eigenvalue weighted by Gasteiger charge is -2.08. The summed E-state index contributed by atoms with van der Waals surface area (Å²) in [5, 5.41) is 2.31. The van der Waals surface area contributed by atoms with Gasteiger partial charge in [0.05, 0.1) is 22.1 Å². The van der Waals surface area contributed by atoms with Gasteiger partial charge in [-0.15, -0.1) is 0 Å². The largest absolute Gasteiger partial charge is 1.00 e. The van der Waals surface area contributed by atoms with Gasteiger partial charge < -0.3 is 59.4 Å². The van der Waals surface area contributed by atoms with Crippen LogP contribution in [0.3, 0.4) is 0 Å². The van der Waals surface area contributed by atoms with E-state index in [1.807, 2.05) is 0 Å². The number of aromatic nitrogens is 2. The predicted octanol–water partition coefficient (Wildman–Crippen LogP) is -0.602. The third kappa shape index (κ3) is 6.50. The van der Waals surface area contributed by atoms with Crippen LogP contribution in [0, 0.1) is 13.8 Å². The van der Waals surface area contributed by atoms with Gasteiger partial charge in [0.2, 0.25) is 11.0 Å². The lowest BCUT2D eigenvalue weighted by atomic mass is 10.1. The average Bonchev–Trinajstić information content (AvgIpc) is 2.79. The van der Waals surface area contributed by atoms with Crippen molar-refractivity contribution in [1.82, 2.24) is 0 Å². The van der Waals surface area contributed by atoms with E-state index in [0.717, 1.165) is 35.2 Å². The molecular formula is C28H36I2N4. The van der Waals surface area contributed by atoms with Crippen molar-refractivity contribution < 1.29 is 57.1 Å². The van der Waals surface area contributed by atoms with Crippen molar-refractivity contribution in [2.24, 2.45) is 0 Å². The molecule has 34 heavy (non-hydrogen) atoms. The second-order valence-corrected chi connectivity index (χ2v) is 8.94. The van der Waals surface area contributed by atoms with Crippen LogP contribution in [-0.4, -0.2) is 0 Å². The number of nitrogens with zero attached hydrogens (tertiary/aromatic N) is 2. The summed E-state index contributed by atoms with van der Waals surface area (Å²) < 4.78 is 4.83. The Balaban J connectivity index is 0.00000204. The summed E-state index contributed by atoms with van der Waals surface area (Å²) in [6.45, 7) is 6.42. The van der Waals surface area contributed by atoms with Crippen LogP contribution < -0.4 is 68.6 Å². The molecule has 0 aliphatic carbocycles. The Bertz CT molecular complexity index is 1140. The fourth-order valence-corrected chi connectivity index (χ4v) is 4.89. The highest BCUT2D eigenvalue weighted by molar-refractivity contribution is 5.88. The first-order chi connectivity index (χ1) is 15.6. The van der Waals surface area contributed by atoms with E-state index in [9.17, 15) is 0 Å². The van der Waals surface area contributed by atoms with E-state index in [-0.39, 0.29) is 48.0 Å². The van der Waals surface area contributed by atoms with Crippen molar-refractivity contribution in [3.63, 3.8) is 0 Å². The molecule has 0 saturated carbocycles. The molecular weight excluding hydrogens is 646 g/mol. The van der Waals surface area contributed by atoms with Gasteiger partial charge in [-0.3, -0.25) is 0 Å². The summed E-state index contributed by atoms with van der Waals surface area (Å²) in [5.41, 5.74) is 19.1. The van der Waals surface area contributed by atoms with Gasteiger partial charge in [0.25, 0.3) is 0 Å². The van der Waals surface area contributed by atoms with Crippen LogP contribution in [0.2, 0.25) is 0 Å². The molecule has 0 aliphatic heterocycles. The fraction of sp³-hybridized carbons (Fsp3) is 0.357. The van der Waals surface area contributed by atoms with E-state index >= 15 is 0 Å². The van der Waals surface area contributed by atoms with Crippen molar-refractivity contribution in [3.05, 3.63) is 72.1 Å². The minimum Gasteiger partial charge on any atom is -1.00 e. The maximum atomic E-state index is 6.22. The molecule has 182 valence electrons. The number of hydrogen-bond acceptors (Lipinski definition) is 2. The number of rotatable bonds is 9. The molecule has 2 heterocycles. The molecule has 0 bridgehead atoms. The second-order valence-electron chi connectivity index (χ2n) is 8.94. The Morgan fingerprint density at radius 1 is 0.559 bits per heavy atom. The quantitative estimate of drug-likeness (QED) is 0.141. The number of pyridine rings is 2. The number of unbranched alkanes of at least 4 members (excludes halogenated alkanes) is 5. The molecule has 0 spiro atoms. The minimum absolute atomic E-state index is 0. The molecule has 0 amide bonds. The van der Waals surface area contributed by atoms with Gasteiger partial charge in [0, 0.05) is 51.0 Å². The summed E-state index contributed by atoms with van der Waals surface area (Å²) in [5.74, 6) is 0. The highest BCUT2D eigenvalue weighted by atomic mass is 127. The van der Waals surface area contributed by atoms with Crippen LogP contribution in [0.5, 0.6) is 0 Å². The molecule has 0 atom stereocenters. The van der Waals surface area contributed by atoms with Gasteiger partial charge >= 0.3 is 0 Å². The van der Waals surface area contributed by atoms with Crippen molar-refractivity contribution in [2.45, 2.75) is 65.5 Å². The Hall–Kier alpha value is -1.68. The zero-order valence-electron chi connectivity index (χ0n) is 20.2. The molecule has 2 aromatic carbocycles. The second kappa shape index (κ2) is 13.4. The van der Waals surface area contributed by atoms with E-state index in [2.05, 4.69) is 83.6 Å². The van der Waals surface area contributed by atoms with Crippen molar-refractivity contribution in [1.29, 1.82) is 0 Å². The van der Waals surface area contributed by atoms with Crippen LogP contribution in [0.25, 0.3) is 21.8 Å². The van der Waals surface area contributed by atoms with Gasteiger partial charge in [-0.05, 0) is 25.0 Å². The Labute approximate surface area is 237 Å². The molecule has 0 unspecified atom stereocenters. The topological polar surface area (TPSA) is 59.8 Å². The lowest BCUT2D eigenvalue weighted by molar-refractivity contribution is -0.678. The van der Waals surface area contributed by atoms with Gasteiger partial charge in [0.15, 0.2) is 11.4 Å². The Morgan fingerprint density at radius 2 is 0.912 bits per heavy atom. The maximum Gasteiger partial charge on any atom is 0.214 e. The number of anilines is 2. The maximum absolute atomic E-state index is 6.22. The number of para-hydroxylation sites is 2. The molecule has 4 nitrogen and oxygen atoms in total. The fourth-order valence-electron chi connectivity index (χ4n) is 4.89. The number of nitrogen functional groups attached to an aromatic ring is 2. The summed E-state index contributed by atoms with van der Waals surface area (Å²) in [6, 6.07) is 21.1. The third-order valence-corrected chi connectivity index (χ3v) is 6.61. The van der Waals surface area contributed by atoms with E-state index in [0.29, 0.717) is 0 Å². The molecule has 4 N–H and O–H groups in total. The molecule has 2 aromatic heterocycles. The molecule has 0 saturated heterocycles. The van der Waals surface area contributed by atoms with Gasteiger partial charge in [0.1, 0.15) is 13.1 Å². The molecule has 0 aliphatic rings. The van der Waals surface area contributed by atoms with Crippen molar-refractivity contribution in [3.8, 4) is 0 Å². The number of halogens is 2. The number of fused-ring (bicyclic) bond motifs is 2. The van der Waals surface area contributed by atoms with Crippen LogP contribution in [0.4, 0.5) is 11.4 Å². The van der Waals surface area contributed by atoms with Gasteiger partial charge in [-0.25, -0.2) is 0 Å². The third-order valence-electron chi connectivity index (χ3n) is 6.61. The van der Waals surface area contributed by atoms with Gasteiger partial charge in [-0.2, -0.15) is 9.13 Å². The summed E-state index contributed by atoms with van der Waals surface area (Å²) >= 11 is 0. The van der Waals surface area contributed by atoms with Gasteiger partial charge in [-0.1, -0.05) is 37.1 Å². The van der Waals surface area contributed by atoms with E-state index in [1.165, 1.54) is 60.9 Å². The van der Waals surface area contributed by atoms with Crippen LogP contribution in [0.1, 0.15) is 49.9 Å². The smallest absolute Gasteiger partial charge is 0.214 e. The highest BCUT2D eigenvalue weighted by Crippen LogP contribution is 2.20. The number of benzene rings is 2. The highest BCUT2D eigenvalue weighted by Gasteiger charge is 2.16. The average molecular weight is 682 g/mol. The van der Waals surface area contributed by atoms with Crippen molar-refractivity contribution >= 4 is 33.2 Å². The first kappa shape index (κ1) is 28.6.